The molecule has 3 heterocycles. The number of pyridine rings is 1. The third-order valence-electron chi connectivity index (χ3n) is 5.12. The van der Waals surface area contributed by atoms with Crippen molar-refractivity contribution in [2.75, 3.05) is 6.54 Å². The van der Waals surface area contributed by atoms with Crippen molar-refractivity contribution in [1.29, 1.82) is 0 Å². The van der Waals surface area contributed by atoms with Gasteiger partial charge in [0.1, 0.15) is 17.5 Å². The molecule has 6 heteroatoms. The van der Waals surface area contributed by atoms with Gasteiger partial charge in [-0.25, -0.2) is 18.7 Å². The molecular weight excluding hydrogens is 370 g/mol. The quantitative estimate of drug-likeness (QED) is 0.647. The van der Waals surface area contributed by atoms with Crippen LogP contribution in [0.3, 0.4) is 0 Å². The van der Waals surface area contributed by atoms with Gasteiger partial charge < -0.3 is 0 Å². The van der Waals surface area contributed by atoms with E-state index in [-0.39, 0.29) is 5.41 Å². The second-order valence-corrected chi connectivity index (χ2v) is 8.55. The highest BCUT2D eigenvalue weighted by Gasteiger charge is 2.23. The zero-order chi connectivity index (χ0) is 20.6. The van der Waals surface area contributed by atoms with Crippen molar-refractivity contribution in [2.24, 2.45) is 0 Å². The minimum atomic E-state index is -0.604. The minimum absolute atomic E-state index is 0.0520. The van der Waals surface area contributed by atoms with Crippen molar-refractivity contribution >= 4 is 0 Å². The zero-order valence-electron chi connectivity index (χ0n) is 16.9. The molecule has 150 valence electrons. The lowest BCUT2D eigenvalue weighted by Gasteiger charge is -2.29. The van der Waals surface area contributed by atoms with Crippen LogP contribution in [0.15, 0.2) is 42.7 Å². The zero-order valence-corrected chi connectivity index (χ0v) is 16.9. The number of rotatable bonds is 3. The average Bonchev–Trinajstić information content (AvgIpc) is 2.68. The number of halogens is 2. The molecule has 0 saturated carbocycles. The molecule has 1 aromatic carbocycles. The van der Waals surface area contributed by atoms with Crippen molar-refractivity contribution in [2.45, 2.75) is 45.7 Å². The summed E-state index contributed by atoms with van der Waals surface area (Å²) < 4.78 is 27.1. The van der Waals surface area contributed by atoms with Gasteiger partial charge in [-0.05, 0) is 23.8 Å². The summed E-state index contributed by atoms with van der Waals surface area (Å²) >= 11 is 0. The molecule has 0 N–H and O–H groups in total. The predicted octanol–water partition coefficient (Wildman–Crippen LogP) is 4.67. The Bertz CT molecular complexity index is 1030. The van der Waals surface area contributed by atoms with Gasteiger partial charge in [-0.15, -0.1) is 0 Å². The molecule has 0 unspecified atom stereocenters. The molecule has 0 aliphatic carbocycles. The predicted molar refractivity (Wildman–Crippen MR) is 108 cm³/mol. The van der Waals surface area contributed by atoms with Crippen LogP contribution in [0.5, 0.6) is 0 Å². The molecule has 0 fully saturated rings. The Labute approximate surface area is 169 Å². The smallest absolute Gasteiger partial charge is 0.135 e. The van der Waals surface area contributed by atoms with E-state index in [2.05, 4.69) is 35.6 Å². The van der Waals surface area contributed by atoms with E-state index in [0.717, 1.165) is 49.2 Å². The molecule has 0 radical (unpaired) electrons. The van der Waals surface area contributed by atoms with Crippen LogP contribution in [-0.4, -0.2) is 26.4 Å². The molecule has 1 aliphatic heterocycles. The summed E-state index contributed by atoms with van der Waals surface area (Å²) in [6, 6.07) is 7.26. The van der Waals surface area contributed by atoms with E-state index in [1.54, 1.807) is 12.3 Å². The highest BCUT2D eigenvalue weighted by atomic mass is 19.1. The first-order valence-corrected chi connectivity index (χ1v) is 9.77. The lowest BCUT2D eigenvalue weighted by atomic mass is 9.95. The van der Waals surface area contributed by atoms with E-state index in [0.29, 0.717) is 11.3 Å². The highest BCUT2D eigenvalue weighted by molar-refractivity contribution is 5.59. The van der Waals surface area contributed by atoms with Crippen molar-refractivity contribution in [3.63, 3.8) is 0 Å². The summed E-state index contributed by atoms with van der Waals surface area (Å²) in [4.78, 5) is 16.0. The van der Waals surface area contributed by atoms with Crippen LogP contribution < -0.4 is 0 Å². The molecule has 3 aromatic rings. The lowest BCUT2D eigenvalue weighted by molar-refractivity contribution is 0.242. The standard InChI is InChI=1S/C23H24F2N4/c1-23(2,3)22-27-12-16-14-29(9-8-20(16)28-22)13-15-4-7-21(26-11-15)18-6-5-17(24)10-19(18)25/h4-7,10-12H,8-9,13-14H2,1-3H3. The normalized spacial score (nSPS) is 14.7. The van der Waals surface area contributed by atoms with E-state index in [4.69, 9.17) is 4.98 Å². The maximum atomic E-state index is 14.0. The summed E-state index contributed by atoms with van der Waals surface area (Å²) in [7, 11) is 0. The largest absolute Gasteiger partial charge is 0.294 e. The Morgan fingerprint density at radius 3 is 2.55 bits per heavy atom. The van der Waals surface area contributed by atoms with Gasteiger partial charge in [0.15, 0.2) is 0 Å². The summed E-state index contributed by atoms with van der Waals surface area (Å²) in [5.74, 6) is -0.308. The van der Waals surface area contributed by atoms with Crippen molar-refractivity contribution in [3.05, 3.63) is 77.0 Å². The Morgan fingerprint density at radius 2 is 1.86 bits per heavy atom. The molecule has 29 heavy (non-hydrogen) atoms. The monoisotopic (exact) mass is 394 g/mol. The fourth-order valence-electron chi connectivity index (χ4n) is 3.50. The number of benzene rings is 1. The lowest BCUT2D eigenvalue weighted by Crippen LogP contribution is -2.32. The molecule has 0 saturated heterocycles. The first-order valence-electron chi connectivity index (χ1n) is 9.77. The average molecular weight is 394 g/mol. The van der Waals surface area contributed by atoms with Crippen LogP contribution in [0.25, 0.3) is 11.3 Å². The van der Waals surface area contributed by atoms with Crippen LogP contribution in [-0.2, 0) is 24.9 Å². The first-order chi connectivity index (χ1) is 13.8. The number of aromatic nitrogens is 3. The first kappa shape index (κ1) is 19.6. The summed E-state index contributed by atoms with van der Waals surface area (Å²) in [6.45, 7) is 8.84. The molecular formula is C23H24F2N4. The maximum absolute atomic E-state index is 14.0. The number of hydrogen-bond acceptors (Lipinski definition) is 4. The molecule has 0 bridgehead atoms. The number of nitrogens with zero attached hydrogens (tertiary/aromatic N) is 4. The molecule has 0 spiro atoms. The Hall–Kier alpha value is -2.73. The van der Waals surface area contributed by atoms with Gasteiger partial charge in [0.25, 0.3) is 0 Å². The number of hydrogen-bond donors (Lipinski definition) is 0. The van der Waals surface area contributed by atoms with Crippen LogP contribution in [0.2, 0.25) is 0 Å². The van der Waals surface area contributed by atoms with Gasteiger partial charge in [0.05, 0.1) is 5.69 Å². The van der Waals surface area contributed by atoms with Crippen molar-refractivity contribution in [1.82, 2.24) is 19.9 Å². The minimum Gasteiger partial charge on any atom is -0.294 e. The third-order valence-corrected chi connectivity index (χ3v) is 5.12. The van der Waals surface area contributed by atoms with Crippen molar-refractivity contribution < 1.29 is 8.78 Å². The summed E-state index contributed by atoms with van der Waals surface area (Å²) in [6.07, 6.45) is 4.60. The van der Waals surface area contributed by atoms with Gasteiger partial charge >= 0.3 is 0 Å². The second-order valence-electron chi connectivity index (χ2n) is 8.55. The van der Waals surface area contributed by atoms with E-state index in [9.17, 15) is 8.78 Å². The second kappa shape index (κ2) is 7.59. The van der Waals surface area contributed by atoms with Gasteiger partial charge in [0.2, 0.25) is 0 Å². The molecule has 1 aliphatic rings. The van der Waals surface area contributed by atoms with Crippen LogP contribution in [0.1, 0.15) is 43.4 Å². The molecule has 4 rings (SSSR count). The molecule has 2 aromatic heterocycles. The van der Waals surface area contributed by atoms with Crippen LogP contribution in [0.4, 0.5) is 8.78 Å². The van der Waals surface area contributed by atoms with Gasteiger partial charge in [-0.1, -0.05) is 26.8 Å². The van der Waals surface area contributed by atoms with Gasteiger partial charge in [-0.3, -0.25) is 9.88 Å². The molecule has 4 nitrogen and oxygen atoms in total. The van der Waals surface area contributed by atoms with Gasteiger partial charge in [0, 0.05) is 66.8 Å². The van der Waals surface area contributed by atoms with Gasteiger partial charge in [-0.2, -0.15) is 0 Å². The van der Waals surface area contributed by atoms with E-state index >= 15 is 0 Å². The summed E-state index contributed by atoms with van der Waals surface area (Å²) in [5, 5.41) is 0. The fourth-order valence-corrected chi connectivity index (χ4v) is 3.50. The van der Waals surface area contributed by atoms with E-state index < -0.39 is 11.6 Å². The Morgan fingerprint density at radius 1 is 1.03 bits per heavy atom. The SMILES string of the molecule is CC(C)(C)c1ncc2c(n1)CCN(Cc1ccc(-c3ccc(F)cc3F)nc1)C2. The molecule has 0 amide bonds. The maximum Gasteiger partial charge on any atom is 0.135 e. The van der Waals surface area contributed by atoms with Crippen LogP contribution in [0, 0.1) is 11.6 Å². The van der Waals surface area contributed by atoms with E-state index in [1.807, 2.05) is 12.3 Å². The Kier molecular flexibility index (Phi) is 5.13. The Balaban J connectivity index is 1.45. The fraction of sp³-hybridized carbons (Fsp3) is 0.348. The highest BCUT2D eigenvalue weighted by Crippen LogP contribution is 2.25. The van der Waals surface area contributed by atoms with Crippen LogP contribution >= 0.6 is 0 Å². The van der Waals surface area contributed by atoms with E-state index in [1.165, 1.54) is 17.7 Å². The summed E-state index contributed by atoms with van der Waals surface area (Å²) in [5.41, 5.74) is 4.11. The topological polar surface area (TPSA) is 41.9 Å². The molecule has 0 atom stereocenters. The van der Waals surface area contributed by atoms with Crippen molar-refractivity contribution in [3.8, 4) is 11.3 Å². The number of fused-ring (bicyclic) bond motifs is 1. The third kappa shape index (κ3) is 4.32.